The molecule has 6 nitrogen and oxygen atoms in total. The first-order chi connectivity index (χ1) is 13.4. The van der Waals surface area contributed by atoms with Crippen molar-refractivity contribution in [3.05, 3.63) is 54.1 Å². The van der Waals surface area contributed by atoms with Crippen LogP contribution in [0.25, 0.3) is 11.4 Å². The van der Waals surface area contributed by atoms with E-state index in [1.807, 2.05) is 36.4 Å². The lowest BCUT2D eigenvalue weighted by molar-refractivity contribution is -0.868. The van der Waals surface area contributed by atoms with Crippen LogP contribution in [-0.2, 0) is 6.42 Å². The van der Waals surface area contributed by atoms with E-state index in [0.29, 0.717) is 11.0 Å². The quantitative estimate of drug-likeness (QED) is 0.416. The summed E-state index contributed by atoms with van der Waals surface area (Å²) >= 11 is 1.25. The Hall–Kier alpha value is -2.64. The van der Waals surface area contributed by atoms with Crippen molar-refractivity contribution in [3.63, 3.8) is 0 Å². The molecule has 0 spiro atoms. The Labute approximate surface area is 170 Å². The lowest BCUT2D eigenvalue weighted by atomic mass is 10.1. The number of anilines is 1. The molecular weight excluding hydrogens is 368 g/mol. The average molecular weight is 396 g/mol. The summed E-state index contributed by atoms with van der Waals surface area (Å²) in [6, 6.07) is 16.0. The third kappa shape index (κ3) is 5.68. The van der Waals surface area contributed by atoms with E-state index in [2.05, 4.69) is 65.1 Å². The van der Waals surface area contributed by atoms with Crippen molar-refractivity contribution in [1.82, 2.24) is 9.36 Å². The molecule has 0 aliphatic rings. The summed E-state index contributed by atoms with van der Waals surface area (Å²) in [5, 5.41) is 12.7. The van der Waals surface area contributed by atoms with Crippen molar-refractivity contribution >= 4 is 28.0 Å². The first-order valence-electron chi connectivity index (χ1n) is 9.43. The van der Waals surface area contributed by atoms with Crippen molar-refractivity contribution in [2.45, 2.75) is 13.3 Å². The fraction of sp³-hybridized carbons (Fsp3) is 0.333. The van der Waals surface area contributed by atoms with Gasteiger partial charge in [0.15, 0.2) is 5.82 Å². The number of nitrogens with one attached hydrogen (secondary N) is 1. The van der Waals surface area contributed by atoms with Gasteiger partial charge in [0.25, 0.3) is 0 Å². The van der Waals surface area contributed by atoms with Crippen LogP contribution >= 0.6 is 11.5 Å². The molecule has 0 amide bonds. The molecule has 0 saturated carbocycles. The molecule has 0 atom stereocenters. The van der Waals surface area contributed by atoms with Gasteiger partial charge in [0.1, 0.15) is 0 Å². The predicted octanol–water partition coefficient (Wildman–Crippen LogP) is 5.30. The number of nitrogens with zero attached hydrogens (tertiary/aromatic N) is 5. The van der Waals surface area contributed by atoms with Gasteiger partial charge < -0.3 is 9.80 Å². The van der Waals surface area contributed by atoms with Gasteiger partial charge in [0, 0.05) is 22.8 Å². The molecule has 0 aliphatic carbocycles. The minimum Gasteiger partial charge on any atom is -0.379 e. The zero-order valence-corrected chi connectivity index (χ0v) is 17.7. The number of aromatic nitrogens is 2. The smallest absolute Gasteiger partial charge is 0.249 e. The van der Waals surface area contributed by atoms with E-state index in [-0.39, 0.29) is 0 Å². The largest absolute Gasteiger partial charge is 0.379 e. The Morgan fingerprint density at radius 2 is 1.82 bits per heavy atom. The molecule has 0 unspecified atom stereocenters. The lowest BCUT2D eigenvalue weighted by Crippen LogP contribution is -2.38. The summed E-state index contributed by atoms with van der Waals surface area (Å²) in [4.78, 5) is 4.45. The van der Waals surface area contributed by atoms with E-state index in [0.717, 1.165) is 40.9 Å². The molecule has 7 heteroatoms. The van der Waals surface area contributed by atoms with Gasteiger partial charge >= 0.3 is 0 Å². The molecule has 0 aliphatic heterocycles. The van der Waals surface area contributed by atoms with E-state index in [4.69, 9.17) is 0 Å². The molecule has 1 heterocycles. The van der Waals surface area contributed by atoms with Gasteiger partial charge in [-0.1, -0.05) is 37.3 Å². The minimum atomic E-state index is 0.557. The Morgan fingerprint density at radius 1 is 1.04 bits per heavy atom. The molecule has 0 radical (unpaired) electrons. The average Bonchev–Trinajstić information content (AvgIpc) is 3.16. The number of hydrogen-bond donors (Lipinski definition) is 1. The second-order valence-corrected chi connectivity index (χ2v) is 8.33. The van der Waals surface area contributed by atoms with E-state index in [1.54, 1.807) is 0 Å². The van der Waals surface area contributed by atoms with Crippen LogP contribution in [0.5, 0.6) is 0 Å². The SMILES string of the molecule is CCc1cc(N=Nc2nc(-c3ccccc3)ns2)ccc1NCC[N+](C)(C)C. The minimum absolute atomic E-state index is 0.557. The molecule has 0 fully saturated rings. The van der Waals surface area contributed by atoms with Crippen LogP contribution in [-0.4, -0.2) is 48.1 Å². The van der Waals surface area contributed by atoms with Gasteiger partial charge in [-0.05, 0) is 30.2 Å². The number of quaternary nitrogens is 1. The number of likely N-dealkylation sites (N-methyl/N-ethyl adjacent to an activating group) is 1. The van der Waals surface area contributed by atoms with Crippen LogP contribution in [0, 0.1) is 0 Å². The molecule has 1 N–H and O–H groups in total. The number of benzene rings is 2. The summed E-state index contributed by atoms with van der Waals surface area (Å²) in [5.74, 6) is 0.686. The molecule has 3 aromatic rings. The fourth-order valence-corrected chi connectivity index (χ4v) is 3.21. The maximum atomic E-state index is 4.45. The summed E-state index contributed by atoms with van der Waals surface area (Å²) < 4.78 is 5.30. The number of rotatable bonds is 8. The molecule has 28 heavy (non-hydrogen) atoms. The maximum absolute atomic E-state index is 4.45. The van der Waals surface area contributed by atoms with E-state index in [1.165, 1.54) is 17.1 Å². The summed E-state index contributed by atoms with van der Waals surface area (Å²) in [6.07, 6.45) is 0.938. The van der Waals surface area contributed by atoms with Crippen molar-refractivity contribution in [1.29, 1.82) is 0 Å². The van der Waals surface area contributed by atoms with Crippen LogP contribution < -0.4 is 5.32 Å². The first kappa shape index (κ1) is 20.1. The Kier molecular flexibility index (Phi) is 6.49. The molecular formula is C21H27N6S+. The molecule has 3 rings (SSSR count). The second-order valence-electron chi connectivity index (χ2n) is 7.60. The van der Waals surface area contributed by atoms with Gasteiger partial charge in [-0.25, -0.2) is 0 Å². The monoisotopic (exact) mass is 395 g/mol. The number of hydrogen-bond acceptors (Lipinski definition) is 6. The van der Waals surface area contributed by atoms with Crippen LogP contribution in [0.3, 0.4) is 0 Å². The fourth-order valence-electron chi connectivity index (χ4n) is 2.69. The van der Waals surface area contributed by atoms with E-state index < -0.39 is 0 Å². The Balaban J connectivity index is 1.68. The van der Waals surface area contributed by atoms with Gasteiger partial charge in [0.2, 0.25) is 5.13 Å². The van der Waals surface area contributed by atoms with E-state index >= 15 is 0 Å². The Bertz CT molecular complexity index is 928. The zero-order chi connectivity index (χ0) is 20.0. The molecule has 146 valence electrons. The Morgan fingerprint density at radius 3 is 2.54 bits per heavy atom. The summed E-state index contributed by atoms with van der Waals surface area (Å²) in [6.45, 7) is 4.15. The number of azo groups is 1. The molecule has 0 saturated heterocycles. The zero-order valence-electron chi connectivity index (χ0n) is 16.9. The molecule has 1 aromatic heterocycles. The van der Waals surface area contributed by atoms with E-state index in [9.17, 15) is 0 Å². The van der Waals surface area contributed by atoms with Gasteiger partial charge in [0.05, 0.1) is 39.9 Å². The van der Waals surface area contributed by atoms with Crippen LogP contribution in [0.2, 0.25) is 0 Å². The first-order valence-corrected chi connectivity index (χ1v) is 10.2. The van der Waals surface area contributed by atoms with Crippen LogP contribution in [0.15, 0.2) is 58.8 Å². The standard InChI is InChI=1S/C21H27N6S/c1-5-16-15-18(11-12-19(16)22-13-14-27(2,3)4)24-25-21-23-20(26-28-21)17-9-7-6-8-10-17/h6-12,15,22H,5,13-14H2,1-4H3/q+1. The summed E-state index contributed by atoms with van der Waals surface area (Å²) in [7, 11) is 6.59. The third-order valence-electron chi connectivity index (χ3n) is 4.27. The lowest BCUT2D eigenvalue weighted by Gasteiger charge is -2.24. The van der Waals surface area contributed by atoms with Gasteiger partial charge in [-0.3, -0.25) is 0 Å². The highest BCUT2D eigenvalue weighted by molar-refractivity contribution is 7.09. The molecule has 2 aromatic carbocycles. The third-order valence-corrected chi connectivity index (χ3v) is 4.87. The number of aryl methyl sites for hydroxylation is 1. The van der Waals surface area contributed by atoms with Crippen molar-refractivity contribution < 1.29 is 4.48 Å². The highest BCUT2D eigenvalue weighted by Gasteiger charge is 2.08. The normalized spacial score (nSPS) is 11.9. The maximum Gasteiger partial charge on any atom is 0.249 e. The molecule has 0 bridgehead atoms. The summed E-state index contributed by atoms with van der Waals surface area (Å²) in [5.41, 5.74) is 4.21. The van der Waals surface area contributed by atoms with Crippen LogP contribution in [0.4, 0.5) is 16.5 Å². The van der Waals surface area contributed by atoms with Gasteiger partial charge in [-0.2, -0.15) is 9.36 Å². The van der Waals surface area contributed by atoms with Crippen molar-refractivity contribution in [2.75, 3.05) is 39.5 Å². The van der Waals surface area contributed by atoms with Gasteiger partial charge in [-0.15, -0.1) is 10.2 Å². The highest BCUT2D eigenvalue weighted by atomic mass is 32.1. The van der Waals surface area contributed by atoms with Crippen molar-refractivity contribution in [2.24, 2.45) is 10.2 Å². The topological polar surface area (TPSA) is 62.5 Å². The predicted molar refractivity (Wildman–Crippen MR) is 117 cm³/mol. The second kappa shape index (κ2) is 9.03. The highest BCUT2D eigenvalue weighted by Crippen LogP contribution is 2.27. The van der Waals surface area contributed by atoms with Crippen LogP contribution in [0.1, 0.15) is 12.5 Å². The van der Waals surface area contributed by atoms with Crippen molar-refractivity contribution in [3.8, 4) is 11.4 Å².